The lowest BCUT2D eigenvalue weighted by atomic mass is 10.3. The highest BCUT2D eigenvalue weighted by atomic mass is 32.2. The van der Waals surface area contributed by atoms with Gasteiger partial charge in [0.15, 0.2) is 9.84 Å². The summed E-state index contributed by atoms with van der Waals surface area (Å²) in [4.78, 5) is 0.181. The Labute approximate surface area is 137 Å². The van der Waals surface area contributed by atoms with E-state index in [1.165, 1.54) is 28.6 Å². The summed E-state index contributed by atoms with van der Waals surface area (Å²) >= 11 is 0. The third kappa shape index (κ3) is 4.66. The number of ether oxygens (including phenoxy) is 1. The summed E-state index contributed by atoms with van der Waals surface area (Å²) in [7, 11) is -6.61. The van der Waals surface area contributed by atoms with E-state index in [1.54, 1.807) is 6.92 Å². The van der Waals surface area contributed by atoms with Crippen LogP contribution in [0.15, 0.2) is 29.2 Å². The molecule has 9 heteroatoms. The van der Waals surface area contributed by atoms with Crippen molar-refractivity contribution in [2.75, 3.05) is 31.2 Å². The first-order valence-electron chi connectivity index (χ1n) is 7.43. The maximum Gasteiger partial charge on any atom is 0.243 e. The Bertz CT molecular complexity index is 729. The molecular weight excluding hydrogens is 340 g/mol. The minimum absolute atomic E-state index is 0.0449. The first-order chi connectivity index (χ1) is 10.7. The highest BCUT2D eigenvalue weighted by Crippen LogP contribution is 2.22. The van der Waals surface area contributed by atoms with Gasteiger partial charge in [0.1, 0.15) is 12.4 Å². The molecule has 1 aromatic rings. The van der Waals surface area contributed by atoms with Crippen LogP contribution in [0.4, 0.5) is 0 Å². The van der Waals surface area contributed by atoms with E-state index in [1.807, 2.05) is 0 Å². The molecule has 0 unspecified atom stereocenters. The number of sulfone groups is 1. The molecule has 7 nitrogen and oxygen atoms in total. The van der Waals surface area contributed by atoms with Crippen LogP contribution in [0, 0.1) is 0 Å². The fourth-order valence-electron chi connectivity index (χ4n) is 2.26. The fraction of sp³-hybridized carbons (Fsp3) is 0.571. The first kappa shape index (κ1) is 18.2. The van der Waals surface area contributed by atoms with E-state index in [2.05, 4.69) is 0 Å². The van der Waals surface area contributed by atoms with E-state index in [-0.39, 0.29) is 29.0 Å². The van der Waals surface area contributed by atoms with Gasteiger partial charge in [0.2, 0.25) is 10.0 Å². The molecule has 1 aromatic carbocycles. The fourth-order valence-corrected chi connectivity index (χ4v) is 4.40. The van der Waals surface area contributed by atoms with Crippen LogP contribution in [0.2, 0.25) is 0 Å². The minimum Gasteiger partial charge on any atom is -0.493 e. The Hall–Kier alpha value is -1.16. The van der Waals surface area contributed by atoms with Crippen molar-refractivity contribution >= 4 is 19.9 Å². The van der Waals surface area contributed by atoms with Crippen molar-refractivity contribution in [2.24, 2.45) is 5.73 Å². The van der Waals surface area contributed by atoms with Crippen LogP contribution in [0.25, 0.3) is 0 Å². The molecule has 2 rings (SSSR count). The molecule has 1 aliphatic heterocycles. The second kappa shape index (κ2) is 7.16. The summed E-state index contributed by atoms with van der Waals surface area (Å²) in [6, 6.07) is 5.86. The van der Waals surface area contributed by atoms with Crippen molar-refractivity contribution in [3.8, 4) is 5.75 Å². The molecular formula is C14H22N2O5S2. The minimum atomic E-state index is -3.53. The Morgan fingerprint density at radius 1 is 1.22 bits per heavy atom. The molecule has 0 spiro atoms. The SMILES string of the molecule is CCS(=O)(=O)CCOc1ccc(S(=O)(=O)N2CC[C@@H](N)C2)cc1. The Morgan fingerprint density at radius 2 is 1.87 bits per heavy atom. The van der Waals surface area contributed by atoms with E-state index in [4.69, 9.17) is 10.5 Å². The molecule has 1 heterocycles. The number of nitrogens with two attached hydrogens (primary N) is 1. The third-order valence-electron chi connectivity index (χ3n) is 3.75. The van der Waals surface area contributed by atoms with E-state index >= 15 is 0 Å². The van der Waals surface area contributed by atoms with Gasteiger partial charge in [0, 0.05) is 24.9 Å². The number of hydrogen-bond acceptors (Lipinski definition) is 6. The zero-order valence-corrected chi connectivity index (χ0v) is 14.6. The van der Waals surface area contributed by atoms with Gasteiger partial charge in [-0.3, -0.25) is 0 Å². The Kier molecular flexibility index (Phi) is 5.66. The normalized spacial score (nSPS) is 19.8. The lowest BCUT2D eigenvalue weighted by Gasteiger charge is -2.16. The van der Waals surface area contributed by atoms with Crippen molar-refractivity contribution in [3.05, 3.63) is 24.3 Å². The van der Waals surface area contributed by atoms with Crippen LogP contribution in [0.5, 0.6) is 5.75 Å². The molecule has 1 atom stereocenters. The second-order valence-electron chi connectivity index (χ2n) is 5.47. The zero-order valence-electron chi connectivity index (χ0n) is 13.0. The number of hydrogen-bond donors (Lipinski definition) is 1. The van der Waals surface area contributed by atoms with Gasteiger partial charge < -0.3 is 10.5 Å². The van der Waals surface area contributed by atoms with Gasteiger partial charge in [-0.2, -0.15) is 4.31 Å². The molecule has 0 radical (unpaired) electrons. The van der Waals surface area contributed by atoms with Gasteiger partial charge in [-0.05, 0) is 30.7 Å². The third-order valence-corrected chi connectivity index (χ3v) is 7.30. The van der Waals surface area contributed by atoms with E-state index in [9.17, 15) is 16.8 Å². The van der Waals surface area contributed by atoms with Gasteiger partial charge in [-0.25, -0.2) is 16.8 Å². The van der Waals surface area contributed by atoms with Gasteiger partial charge in [-0.1, -0.05) is 6.92 Å². The van der Waals surface area contributed by atoms with Crippen molar-refractivity contribution < 1.29 is 21.6 Å². The van der Waals surface area contributed by atoms with Crippen LogP contribution < -0.4 is 10.5 Å². The smallest absolute Gasteiger partial charge is 0.243 e. The topological polar surface area (TPSA) is 107 Å². The van der Waals surface area contributed by atoms with Crippen LogP contribution in [-0.4, -0.2) is 58.4 Å². The Balaban J connectivity index is 1.99. The first-order valence-corrected chi connectivity index (χ1v) is 10.7. The van der Waals surface area contributed by atoms with Gasteiger partial charge in [0.25, 0.3) is 0 Å². The van der Waals surface area contributed by atoms with Crippen LogP contribution >= 0.6 is 0 Å². The van der Waals surface area contributed by atoms with Crippen molar-refractivity contribution in [1.29, 1.82) is 0 Å². The summed E-state index contributed by atoms with van der Waals surface area (Å²) in [5.74, 6) is 0.453. The molecule has 0 aliphatic carbocycles. The molecule has 1 aliphatic rings. The van der Waals surface area contributed by atoms with E-state index < -0.39 is 19.9 Å². The van der Waals surface area contributed by atoms with E-state index in [0.29, 0.717) is 25.3 Å². The number of nitrogens with zero attached hydrogens (tertiary/aromatic N) is 1. The number of sulfonamides is 1. The molecule has 130 valence electrons. The monoisotopic (exact) mass is 362 g/mol. The highest BCUT2D eigenvalue weighted by Gasteiger charge is 2.30. The predicted molar refractivity (Wildman–Crippen MR) is 87.6 cm³/mol. The molecule has 1 saturated heterocycles. The average molecular weight is 362 g/mol. The molecule has 0 aromatic heterocycles. The summed E-state index contributed by atoms with van der Waals surface area (Å²) < 4.78 is 54.3. The standard InChI is InChI=1S/C14H22N2O5S2/c1-2-22(17,18)10-9-21-13-3-5-14(6-4-13)23(19,20)16-8-7-12(15)11-16/h3-6,12H,2,7-11,15H2,1H3/t12-/m1/s1. The lowest BCUT2D eigenvalue weighted by Crippen LogP contribution is -2.31. The van der Waals surface area contributed by atoms with Crippen molar-refractivity contribution in [2.45, 2.75) is 24.3 Å². The molecule has 0 saturated carbocycles. The van der Waals surface area contributed by atoms with Crippen LogP contribution in [0.1, 0.15) is 13.3 Å². The zero-order chi connectivity index (χ0) is 17.1. The lowest BCUT2D eigenvalue weighted by molar-refractivity contribution is 0.340. The molecule has 0 bridgehead atoms. The molecule has 1 fully saturated rings. The average Bonchev–Trinajstić information content (AvgIpc) is 2.95. The second-order valence-corrected chi connectivity index (χ2v) is 9.88. The molecule has 0 amide bonds. The van der Waals surface area contributed by atoms with Crippen LogP contribution in [0.3, 0.4) is 0 Å². The summed E-state index contributed by atoms with van der Waals surface area (Å²) in [6.07, 6.45) is 0.659. The maximum atomic E-state index is 12.4. The summed E-state index contributed by atoms with van der Waals surface area (Å²) in [5, 5.41) is 0. The number of rotatable bonds is 7. The van der Waals surface area contributed by atoms with Gasteiger partial charge in [-0.15, -0.1) is 0 Å². The van der Waals surface area contributed by atoms with Crippen molar-refractivity contribution in [3.63, 3.8) is 0 Å². The van der Waals surface area contributed by atoms with E-state index in [0.717, 1.165) is 0 Å². The quantitative estimate of drug-likeness (QED) is 0.744. The maximum absolute atomic E-state index is 12.4. The molecule has 23 heavy (non-hydrogen) atoms. The largest absolute Gasteiger partial charge is 0.493 e. The Morgan fingerprint density at radius 3 is 2.39 bits per heavy atom. The summed E-state index contributed by atoms with van der Waals surface area (Å²) in [5.41, 5.74) is 5.75. The summed E-state index contributed by atoms with van der Waals surface area (Å²) in [6.45, 7) is 2.38. The molecule has 2 N–H and O–H groups in total. The number of benzene rings is 1. The highest BCUT2D eigenvalue weighted by molar-refractivity contribution is 7.91. The van der Waals surface area contributed by atoms with Crippen LogP contribution in [-0.2, 0) is 19.9 Å². The predicted octanol–water partition coefficient (Wildman–Crippen LogP) is 0.222. The van der Waals surface area contributed by atoms with Gasteiger partial charge >= 0.3 is 0 Å². The van der Waals surface area contributed by atoms with Crippen molar-refractivity contribution in [1.82, 2.24) is 4.31 Å². The van der Waals surface area contributed by atoms with Gasteiger partial charge in [0.05, 0.1) is 10.6 Å².